The van der Waals surface area contributed by atoms with Crippen molar-refractivity contribution in [2.45, 2.75) is 38.6 Å². The lowest BCUT2D eigenvalue weighted by Gasteiger charge is -2.10. The zero-order valence-electron chi connectivity index (χ0n) is 16.1. The highest BCUT2D eigenvalue weighted by molar-refractivity contribution is 6.04. The van der Waals surface area contributed by atoms with Crippen molar-refractivity contribution in [1.29, 1.82) is 0 Å². The number of nitrogens with zero attached hydrogens (tertiary/aromatic N) is 3. The van der Waals surface area contributed by atoms with Crippen LogP contribution < -0.4 is 11.1 Å². The number of halogens is 1. The number of benzene rings is 2. The summed E-state index contributed by atoms with van der Waals surface area (Å²) < 4.78 is 14.9. The van der Waals surface area contributed by atoms with Crippen molar-refractivity contribution in [2.24, 2.45) is 5.92 Å². The number of anilines is 2. The Labute approximate surface area is 168 Å². The number of nitrogen functional groups attached to an aromatic ring is 1. The van der Waals surface area contributed by atoms with Gasteiger partial charge in [0.15, 0.2) is 5.69 Å². The van der Waals surface area contributed by atoms with E-state index in [1.807, 2.05) is 6.07 Å². The van der Waals surface area contributed by atoms with Crippen LogP contribution in [-0.2, 0) is 6.54 Å². The average molecular weight is 393 g/mol. The maximum absolute atomic E-state index is 13.2. The monoisotopic (exact) mass is 393 g/mol. The number of aryl methyl sites for hydroxylation is 1. The van der Waals surface area contributed by atoms with Crippen molar-refractivity contribution in [3.8, 4) is 11.1 Å². The molecule has 1 amide bonds. The van der Waals surface area contributed by atoms with E-state index in [-0.39, 0.29) is 17.4 Å². The van der Waals surface area contributed by atoms with Crippen LogP contribution in [0.25, 0.3) is 11.1 Å². The molecule has 3 N–H and O–H groups in total. The van der Waals surface area contributed by atoms with Crippen molar-refractivity contribution < 1.29 is 9.18 Å². The predicted octanol–water partition coefficient (Wildman–Crippen LogP) is 4.50. The molecule has 0 unspecified atom stereocenters. The van der Waals surface area contributed by atoms with Gasteiger partial charge in [-0.05, 0) is 47.7 Å². The van der Waals surface area contributed by atoms with Gasteiger partial charge in [0.2, 0.25) is 0 Å². The number of carbonyl (C=O) groups excluding carboxylic acids is 1. The quantitative estimate of drug-likeness (QED) is 0.604. The van der Waals surface area contributed by atoms with Crippen LogP contribution in [0.15, 0.2) is 48.7 Å². The standard InChI is InChI=1S/C22H24FN5O/c23-18-8-5-16(6-9-18)17-7-10-19(24)20(13-17)25-22(29)21-14-28(27-26-21)12-11-15-3-1-2-4-15/h5-10,13-15H,1-4,11-12,24H2,(H,25,29). The molecule has 150 valence electrons. The fraction of sp³-hybridized carbons (Fsp3) is 0.318. The second-order valence-corrected chi connectivity index (χ2v) is 7.57. The number of nitrogens with one attached hydrogen (secondary N) is 1. The summed E-state index contributed by atoms with van der Waals surface area (Å²) in [6, 6.07) is 11.5. The molecule has 0 aliphatic heterocycles. The second kappa shape index (κ2) is 8.43. The molecule has 3 aromatic rings. The van der Waals surface area contributed by atoms with Crippen molar-refractivity contribution in [3.05, 3.63) is 60.2 Å². The van der Waals surface area contributed by atoms with Crippen molar-refractivity contribution in [2.75, 3.05) is 11.1 Å². The normalized spacial score (nSPS) is 14.2. The third kappa shape index (κ3) is 4.62. The molecule has 1 saturated carbocycles. The topological polar surface area (TPSA) is 85.8 Å². The molecular formula is C22H24FN5O. The minimum absolute atomic E-state index is 0.253. The maximum atomic E-state index is 13.2. The molecule has 1 aliphatic rings. The minimum Gasteiger partial charge on any atom is -0.397 e. The first-order valence-corrected chi connectivity index (χ1v) is 9.95. The van der Waals surface area contributed by atoms with Crippen molar-refractivity contribution >= 4 is 17.3 Å². The summed E-state index contributed by atoms with van der Waals surface area (Å²) in [6.45, 7) is 0.771. The van der Waals surface area contributed by atoms with Gasteiger partial charge in [-0.1, -0.05) is 49.1 Å². The highest BCUT2D eigenvalue weighted by atomic mass is 19.1. The first kappa shape index (κ1) is 19.1. The third-order valence-electron chi connectivity index (χ3n) is 5.49. The Kier molecular flexibility index (Phi) is 5.55. The van der Waals surface area contributed by atoms with Gasteiger partial charge in [-0.3, -0.25) is 9.48 Å². The molecule has 2 aromatic carbocycles. The molecule has 1 heterocycles. The predicted molar refractivity (Wildman–Crippen MR) is 111 cm³/mol. The Morgan fingerprint density at radius 1 is 1.14 bits per heavy atom. The molecule has 0 spiro atoms. The van der Waals surface area contributed by atoms with Gasteiger partial charge < -0.3 is 11.1 Å². The van der Waals surface area contributed by atoms with Crippen molar-refractivity contribution in [3.63, 3.8) is 0 Å². The van der Waals surface area contributed by atoms with Gasteiger partial charge in [-0.2, -0.15) is 0 Å². The van der Waals surface area contributed by atoms with Crippen LogP contribution in [0, 0.1) is 11.7 Å². The van der Waals surface area contributed by atoms with Gasteiger partial charge in [0, 0.05) is 6.54 Å². The van der Waals surface area contributed by atoms with Crippen LogP contribution in [0.2, 0.25) is 0 Å². The van der Waals surface area contributed by atoms with Crippen LogP contribution >= 0.6 is 0 Å². The molecule has 0 saturated heterocycles. The molecule has 7 heteroatoms. The maximum Gasteiger partial charge on any atom is 0.277 e. The zero-order valence-corrected chi connectivity index (χ0v) is 16.1. The summed E-state index contributed by atoms with van der Waals surface area (Å²) in [5.41, 5.74) is 8.87. The van der Waals surface area contributed by atoms with E-state index in [0.717, 1.165) is 30.0 Å². The Balaban J connectivity index is 1.44. The van der Waals surface area contributed by atoms with Crippen LogP contribution in [0.4, 0.5) is 15.8 Å². The highest BCUT2D eigenvalue weighted by Crippen LogP contribution is 2.29. The lowest BCUT2D eigenvalue weighted by Crippen LogP contribution is -2.14. The van der Waals surface area contributed by atoms with E-state index in [0.29, 0.717) is 11.4 Å². The summed E-state index contributed by atoms with van der Waals surface area (Å²) in [5.74, 6) is 0.0966. The molecule has 1 aromatic heterocycles. The average Bonchev–Trinajstić information content (AvgIpc) is 3.40. The van der Waals surface area contributed by atoms with E-state index >= 15 is 0 Å². The molecular weight excluding hydrogens is 369 g/mol. The molecule has 1 fully saturated rings. The summed E-state index contributed by atoms with van der Waals surface area (Å²) >= 11 is 0. The number of hydrogen-bond donors (Lipinski definition) is 2. The van der Waals surface area contributed by atoms with Gasteiger partial charge in [0.25, 0.3) is 5.91 Å². The minimum atomic E-state index is -0.361. The Morgan fingerprint density at radius 3 is 2.62 bits per heavy atom. The largest absolute Gasteiger partial charge is 0.397 e. The second-order valence-electron chi connectivity index (χ2n) is 7.57. The van der Waals surface area contributed by atoms with Gasteiger partial charge >= 0.3 is 0 Å². The number of aromatic nitrogens is 3. The van der Waals surface area contributed by atoms with E-state index in [9.17, 15) is 9.18 Å². The molecule has 6 nitrogen and oxygen atoms in total. The van der Waals surface area contributed by atoms with E-state index in [1.165, 1.54) is 37.8 Å². The Bertz CT molecular complexity index is 993. The number of rotatable bonds is 6. The molecule has 4 rings (SSSR count). The van der Waals surface area contributed by atoms with Gasteiger partial charge in [0.05, 0.1) is 17.6 Å². The summed E-state index contributed by atoms with van der Waals surface area (Å²) in [6.07, 6.45) is 7.93. The number of amides is 1. The molecule has 0 atom stereocenters. The van der Waals surface area contributed by atoms with E-state index < -0.39 is 0 Å². The molecule has 0 radical (unpaired) electrons. The number of carbonyl (C=O) groups is 1. The zero-order chi connectivity index (χ0) is 20.2. The van der Waals surface area contributed by atoms with Gasteiger partial charge in [-0.25, -0.2) is 4.39 Å². The first-order valence-electron chi connectivity index (χ1n) is 9.95. The van der Waals surface area contributed by atoms with E-state index in [1.54, 1.807) is 35.1 Å². The third-order valence-corrected chi connectivity index (χ3v) is 5.49. The fourth-order valence-corrected chi connectivity index (χ4v) is 3.80. The summed E-state index contributed by atoms with van der Waals surface area (Å²) in [7, 11) is 0. The van der Waals surface area contributed by atoms with Crippen LogP contribution in [0.1, 0.15) is 42.6 Å². The van der Waals surface area contributed by atoms with Gasteiger partial charge in [0.1, 0.15) is 5.82 Å². The summed E-state index contributed by atoms with van der Waals surface area (Å²) in [5, 5.41) is 10.9. The lowest BCUT2D eigenvalue weighted by atomic mass is 10.0. The van der Waals surface area contributed by atoms with Crippen LogP contribution in [0.5, 0.6) is 0 Å². The van der Waals surface area contributed by atoms with Crippen LogP contribution in [-0.4, -0.2) is 20.9 Å². The molecule has 29 heavy (non-hydrogen) atoms. The Morgan fingerprint density at radius 2 is 1.86 bits per heavy atom. The van der Waals surface area contributed by atoms with Crippen molar-refractivity contribution in [1.82, 2.24) is 15.0 Å². The lowest BCUT2D eigenvalue weighted by molar-refractivity contribution is 0.102. The smallest absolute Gasteiger partial charge is 0.277 e. The first-order chi connectivity index (χ1) is 14.1. The SMILES string of the molecule is Nc1ccc(-c2ccc(F)cc2)cc1NC(=O)c1cn(CCC2CCCC2)nn1. The highest BCUT2D eigenvalue weighted by Gasteiger charge is 2.17. The molecule has 1 aliphatic carbocycles. The van der Waals surface area contributed by atoms with E-state index in [4.69, 9.17) is 5.73 Å². The van der Waals surface area contributed by atoms with E-state index in [2.05, 4.69) is 15.6 Å². The van der Waals surface area contributed by atoms with Gasteiger partial charge in [-0.15, -0.1) is 5.10 Å². The van der Waals surface area contributed by atoms with Crippen LogP contribution in [0.3, 0.4) is 0 Å². The fourth-order valence-electron chi connectivity index (χ4n) is 3.80. The molecule has 0 bridgehead atoms. The number of nitrogens with two attached hydrogens (primary N) is 1. The summed E-state index contributed by atoms with van der Waals surface area (Å²) in [4.78, 5) is 12.6. The number of hydrogen-bond acceptors (Lipinski definition) is 4. The Hall–Kier alpha value is -3.22.